The van der Waals surface area contributed by atoms with Gasteiger partial charge in [0.1, 0.15) is 0 Å². The van der Waals surface area contributed by atoms with Crippen LogP contribution in [0.5, 0.6) is 0 Å². The van der Waals surface area contributed by atoms with Crippen molar-refractivity contribution in [2.45, 2.75) is 31.3 Å². The van der Waals surface area contributed by atoms with E-state index >= 15 is 0 Å². The molecule has 0 spiro atoms. The third-order valence-electron chi connectivity index (χ3n) is 4.31. The zero-order valence-electron chi connectivity index (χ0n) is 11.6. The highest BCUT2D eigenvalue weighted by Crippen LogP contribution is 2.32. The van der Waals surface area contributed by atoms with E-state index in [0.717, 1.165) is 19.3 Å². The summed E-state index contributed by atoms with van der Waals surface area (Å²) in [6.45, 7) is 4.90. The summed E-state index contributed by atoms with van der Waals surface area (Å²) >= 11 is 5.74. The molecule has 3 heterocycles. The smallest absolute Gasteiger partial charge is 0.289 e. The summed E-state index contributed by atoms with van der Waals surface area (Å²) in [6.07, 6.45) is 3.94. The molecule has 1 aromatic rings. The van der Waals surface area contributed by atoms with Gasteiger partial charge in [-0.15, -0.1) is 0 Å². The Hall–Kier alpha value is -1.75. The van der Waals surface area contributed by atoms with Gasteiger partial charge in [-0.05, 0) is 49.1 Å². The van der Waals surface area contributed by atoms with Crippen molar-refractivity contribution >= 4 is 23.4 Å². The van der Waals surface area contributed by atoms with Crippen LogP contribution < -0.4 is 0 Å². The Balaban J connectivity index is 1.80. The molecule has 0 N–H and O–H groups in total. The van der Waals surface area contributed by atoms with Crippen molar-refractivity contribution in [3.63, 3.8) is 0 Å². The van der Waals surface area contributed by atoms with Gasteiger partial charge in [0.15, 0.2) is 11.0 Å². The van der Waals surface area contributed by atoms with Crippen LogP contribution in [0.4, 0.5) is 0 Å². The van der Waals surface area contributed by atoms with Crippen LogP contribution in [0, 0.1) is 0 Å². The van der Waals surface area contributed by atoms with Gasteiger partial charge >= 0.3 is 0 Å². The molecule has 0 saturated carbocycles. The SMILES string of the molecule is C=CC(=O)N1CCC2C1CCCN2C(=O)c1ccc(Cl)o1. The molecule has 0 aliphatic carbocycles. The van der Waals surface area contributed by atoms with Gasteiger partial charge in [0.05, 0.1) is 12.1 Å². The molecule has 112 valence electrons. The lowest BCUT2D eigenvalue weighted by Gasteiger charge is -2.39. The molecule has 1 aromatic heterocycles. The fourth-order valence-corrected chi connectivity index (χ4v) is 3.55. The normalized spacial score (nSPS) is 24.8. The lowest BCUT2D eigenvalue weighted by Crippen LogP contribution is -2.52. The molecule has 2 aliphatic heterocycles. The van der Waals surface area contributed by atoms with E-state index in [2.05, 4.69) is 6.58 Å². The highest BCUT2D eigenvalue weighted by molar-refractivity contribution is 6.29. The quantitative estimate of drug-likeness (QED) is 0.788. The molecule has 2 amide bonds. The minimum Gasteiger partial charge on any atom is -0.440 e. The van der Waals surface area contributed by atoms with E-state index in [4.69, 9.17) is 16.0 Å². The summed E-state index contributed by atoms with van der Waals surface area (Å²) in [4.78, 5) is 28.1. The Morgan fingerprint density at radius 1 is 1.24 bits per heavy atom. The highest BCUT2D eigenvalue weighted by atomic mass is 35.5. The molecule has 2 fully saturated rings. The molecule has 2 aliphatic rings. The lowest BCUT2D eigenvalue weighted by atomic mass is 9.96. The van der Waals surface area contributed by atoms with Crippen molar-refractivity contribution in [2.24, 2.45) is 0 Å². The highest BCUT2D eigenvalue weighted by Gasteiger charge is 2.43. The fourth-order valence-electron chi connectivity index (χ4n) is 3.40. The Kier molecular flexibility index (Phi) is 3.76. The number of amides is 2. The van der Waals surface area contributed by atoms with Crippen molar-refractivity contribution in [3.05, 3.63) is 35.8 Å². The summed E-state index contributed by atoms with van der Waals surface area (Å²) in [7, 11) is 0. The predicted octanol–water partition coefficient (Wildman–Crippen LogP) is 2.32. The first-order chi connectivity index (χ1) is 10.1. The van der Waals surface area contributed by atoms with Crippen molar-refractivity contribution in [3.8, 4) is 0 Å². The van der Waals surface area contributed by atoms with Gasteiger partial charge in [-0.25, -0.2) is 0 Å². The summed E-state index contributed by atoms with van der Waals surface area (Å²) in [5.74, 6) is 0.0523. The first-order valence-corrected chi connectivity index (χ1v) is 7.49. The zero-order valence-corrected chi connectivity index (χ0v) is 12.4. The second kappa shape index (κ2) is 5.56. The van der Waals surface area contributed by atoms with Crippen LogP contribution >= 0.6 is 11.6 Å². The molecule has 0 aromatic carbocycles. The maximum Gasteiger partial charge on any atom is 0.289 e. The van der Waals surface area contributed by atoms with Crippen molar-refractivity contribution in [1.29, 1.82) is 0 Å². The van der Waals surface area contributed by atoms with Gasteiger partial charge in [0.25, 0.3) is 5.91 Å². The molecular weight excluding hydrogens is 292 g/mol. The van der Waals surface area contributed by atoms with Crippen LogP contribution in [0.2, 0.25) is 5.22 Å². The van der Waals surface area contributed by atoms with E-state index in [1.165, 1.54) is 6.08 Å². The monoisotopic (exact) mass is 308 g/mol. The average molecular weight is 309 g/mol. The van der Waals surface area contributed by atoms with Crippen LogP contribution in [0.25, 0.3) is 0 Å². The molecular formula is C15H17ClN2O3. The molecule has 0 radical (unpaired) electrons. The minimum absolute atomic E-state index is 0.0547. The van der Waals surface area contributed by atoms with E-state index in [9.17, 15) is 9.59 Å². The second-order valence-electron chi connectivity index (χ2n) is 5.40. The first kappa shape index (κ1) is 14.2. The van der Waals surface area contributed by atoms with E-state index in [0.29, 0.717) is 13.1 Å². The standard InChI is InChI=1S/C15H17ClN2O3/c1-2-14(19)17-9-7-11-10(17)4-3-8-18(11)15(20)12-5-6-13(16)21-12/h2,5-6,10-11H,1,3-4,7-9H2. The molecule has 2 atom stereocenters. The maximum absolute atomic E-state index is 12.6. The van der Waals surface area contributed by atoms with Crippen molar-refractivity contribution in [1.82, 2.24) is 9.80 Å². The number of hydrogen-bond acceptors (Lipinski definition) is 3. The largest absolute Gasteiger partial charge is 0.440 e. The second-order valence-corrected chi connectivity index (χ2v) is 5.78. The van der Waals surface area contributed by atoms with Crippen LogP contribution in [-0.2, 0) is 4.79 Å². The lowest BCUT2D eigenvalue weighted by molar-refractivity contribution is -0.127. The Bertz CT molecular complexity index is 583. The van der Waals surface area contributed by atoms with Crippen LogP contribution in [0.1, 0.15) is 29.8 Å². The minimum atomic E-state index is -0.149. The van der Waals surface area contributed by atoms with Crippen molar-refractivity contribution < 1.29 is 14.0 Å². The van der Waals surface area contributed by atoms with E-state index in [1.807, 2.05) is 9.80 Å². The first-order valence-electron chi connectivity index (χ1n) is 7.11. The van der Waals surface area contributed by atoms with Crippen LogP contribution in [0.15, 0.2) is 29.2 Å². The van der Waals surface area contributed by atoms with E-state index in [1.54, 1.807) is 12.1 Å². The van der Waals surface area contributed by atoms with Gasteiger partial charge < -0.3 is 14.2 Å². The number of fused-ring (bicyclic) bond motifs is 1. The predicted molar refractivity (Wildman–Crippen MR) is 78.1 cm³/mol. The van der Waals surface area contributed by atoms with Crippen LogP contribution in [-0.4, -0.2) is 46.8 Å². The maximum atomic E-state index is 12.6. The van der Waals surface area contributed by atoms with Gasteiger partial charge in [-0.2, -0.15) is 0 Å². The van der Waals surface area contributed by atoms with Gasteiger partial charge in [0.2, 0.25) is 5.91 Å². The van der Waals surface area contributed by atoms with E-state index < -0.39 is 0 Å². The van der Waals surface area contributed by atoms with Crippen molar-refractivity contribution in [2.75, 3.05) is 13.1 Å². The number of furan rings is 1. The molecule has 2 unspecified atom stereocenters. The molecule has 6 heteroatoms. The molecule has 21 heavy (non-hydrogen) atoms. The molecule has 3 rings (SSSR count). The Morgan fingerprint density at radius 3 is 2.67 bits per heavy atom. The molecule has 5 nitrogen and oxygen atoms in total. The Morgan fingerprint density at radius 2 is 2.00 bits per heavy atom. The van der Waals surface area contributed by atoms with Crippen LogP contribution in [0.3, 0.4) is 0 Å². The summed E-state index contributed by atoms with van der Waals surface area (Å²) in [6, 6.07) is 3.30. The van der Waals surface area contributed by atoms with E-state index in [-0.39, 0.29) is 34.9 Å². The van der Waals surface area contributed by atoms with Gasteiger partial charge in [0, 0.05) is 13.1 Å². The number of carbonyl (C=O) groups excluding carboxylic acids is 2. The summed E-state index contributed by atoms with van der Waals surface area (Å²) < 4.78 is 5.22. The summed E-state index contributed by atoms with van der Waals surface area (Å²) in [5.41, 5.74) is 0. The molecule has 0 bridgehead atoms. The van der Waals surface area contributed by atoms with Gasteiger partial charge in [-0.3, -0.25) is 9.59 Å². The van der Waals surface area contributed by atoms with Gasteiger partial charge in [-0.1, -0.05) is 6.58 Å². The molecule has 2 saturated heterocycles. The number of halogens is 1. The Labute approximate surface area is 128 Å². The topological polar surface area (TPSA) is 53.8 Å². The zero-order chi connectivity index (χ0) is 15.0. The number of piperidine rings is 1. The number of carbonyl (C=O) groups is 2. The number of rotatable bonds is 2. The number of likely N-dealkylation sites (tertiary alicyclic amines) is 2. The number of nitrogens with zero attached hydrogens (tertiary/aromatic N) is 2. The third kappa shape index (κ3) is 2.46. The summed E-state index contributed by atoms with van der Waals surface area (Å²) in [5, 5.41) is 0.210. The average Bonchev–Trinajstić information content (AvgIpc) is 3.11. The number of hydrogen-bond donors (Lipinski definition) is 0. The third-order valence-corrected chi connectivity index (χ3v) is 4.52. The fraction of sp³-hybridized carbons (Fsp3) is 0.467.